The van der Waals surface area contributed by atoms with Gasteiger partial charge >= 0.3 is 0 Å². The van der Waals surface area contributed by atoms with E-state index in [0.29, 0.717) is 18.7 Å². The Balaban J connectivity index is 1.38. The fourth-order valence-electron chi connectivity index (χ4n) is 3.35. The van der Waals surface area contributed by atoms with Crippen molar-refractivity contribution >= 4 is 16.9 Å². The summed E-state index contributed by atoms with van der Waals surface area (Å²) in [6.07, 6.45) is 5.10. The number of imidazole rings is 1. The number of ether oxygens (including phenoxy) is 1. The Morgan fingerprint density at radius 1 is 0.967 bits per heavy atom. The van der Waals surface area contributed by atoms with Gasteiger partial charge in [-0.1, -0.05) is 30.3 Å². The molecular formula is C24H24N4O2. The van der Waals surface area contributed by atoms with Crippen LogP contribution in [0.2, 0.25) is 0 Å². The van der Waals surface area contributed by atoms with Gasteiger partial charge in [0.2, 0.25) is 0 Å². The number of hydrogen-bond acceptors (Lipinski definition) is 4. The zero-order chi connectivity index (χ0) is 20.6. The summed E-state index contributed by atoms with van der Waals surface area (Å²) in [6, 6.07) is 21.4. The lowest BCUT2D eigenvalue weighted by Crippen LogP contribution is -2.25. The molecule has 0 aliphatic heterocycles. The number of aromatic nitrogens is 3. The topological polar surface area (TPSA) is 69.0 Å². The van der Waals surface area contributed by atoms with Crippen LogP contribution in [0, 0.1) is 0 Å². The highest BCUT2D eigenvalue weighted by atomic mass is 16.5. The van der Waals surface area contributed by atoms with Gasteiger partial charge in [-0.2, -0.15) is 0 Å². The fraction of sp³-hybridized carbons (Fsp3) is 0.208. The van der Waals surface area contributed by atoms with Crippen LogP contribution in [-0.2, 0) is 13.1 Å². The Morgan fingerprint density at radius 3 is 2.63 bits per heavy atom. The van der Waals surface area contributed by atoms with E-state index < -0.39 is 0 Å². The van der Waals surface area contributed by atoms with Crippen LogP contribution in [-0.4, -0.2) is 27.0 Å². The number of nitrogens with one attached hydrogen (secondary N) is 1. The van der Waals surface area contributed by atoms with E-state index >= 15 is 0 Å². The molecule has 0 aliphatic carbocycles. The van der Waals surface area contributed by atoms with Crippen LogP contribution in [0.1, 0.15) is 29.0 Å². The molecule has 1 amide bonds. The number of carbonyl (C=O) groups excluding carboxylic acids is 1. The number of pyridine rings is 1. The molecule has 30 heavy (non-hydrogen) atoms. The van der Waals surface area contributed by atoms with Gasteiger partial charge < -0.3 is 14.6 Å². The summed E-state index contributed by atoms with van der Waals surface area (Å²) in [5.41, 5.74) is 2.55. The third kappa shape index (κ3) is 4.84. The standard InChI is InChI=1S/C24H24N4O2/c29-24(19-9-8-14-25-17-19)26-18-23-27-21-12-4-5-13-22(21)28(23)15-6-7-16-30-20-10-2-1-3-11-20/h1-5,8-14,17H,6-7,15-16,18H2,(H,26,29). The summed E-state index contributed by atoms with van der Waals surface area (Å²) in [5.74, 6) is 1.58. The number of rotatable bonds is 9. The zero-order valence-corrected chi connectivity index (χ0v) is 16.7. The van der Waals surface area contributed by atoms with E-state index in [0.717, 1.165) is 42.0 Å². The van der Waals surface area contributed by atoms with Crippen molar-refractivity contribution < 1.29 is 9.53 Å². The third-order valence-corrected chi connectivity index (χ3v) is 4.85. The lowest BCUT2D eigenvalue weighted by molar-refractivity contribution is 0.0949. The molecular weight excluding hydrogens is 376 g/mol. The molecule has 1 N–H and O–H groups in total. The van der Waals surface area contributed by atoms with Crippen molar-refractivity contribution in [2.45, 2.75) is 25.9 Å². The summed E-state index contributed by atoms with van der Waals surface area (Å²) in [4.78, 5) is 21.1. The SMILES string of the molecule is O=C(NCc1nc2ccccc2n1CCCCOc1ccccc1)c1cccnc1. The number of carbonyl (C=O) groups is 1. The number of hydrogen-bond donors (Lipinski definition) is 1. The molecule has 0 bridgehead atoms. The highest BCUT2D eigenvalue weighted by Crippen LogP contribution is 2.17. The van der Waals surface area contributed by atoms with E-state index in [1.807, 2.05) is 48.5 Å². The van der Waals surface area contributed by atoms with Gasteiger partial charge in [-0.15, -0.1) is 0 Å². The molecule has 0 unspecified atom stereocenters. The number of unbranched alkanes of at least 4 members (excludes halogenated alkanes) is 1. The minimum atomic E-state index is -0.155. The van der Waals surface area contributed by atoms with E-state index in [1.165, 1.54) is 0 Å². The summed E-state index contributed by atoms with van der Waals surface area (Å²) in [7, 11) is 0. The van der Waals surface area contributed by atoms with Crippen molar-refractivity contribution in [2.75, 3.05) is 6.61 Å². The predicted octanol–water partition coefficient (Wildman–Crippen LogP) is 4.22. The number of amides is 1. The number of benzene rings is 2. The van der Waals surface area contributed by atoms with Gasteiger partial charge in [-0.3, -0.25) is 9.78 Å². The van der Waals surface area contributed by atoms with Gasteiger partial charge in [0.05, 0.1) is 29.7 Å². The molecule has 2 aromatic carbocycles. The van der Waals surface area contributed by atoms with Crippen LogP contribution in [0.3, 0.4) is 0 Å². The number of fused-ring (bicyclic) bond motifs is 1. The molecule has 0 saturated carbocycles. The molecule has 4 aromatic rings. The van der Waals surface area contributed by atoms with Crippen LogP contribution >= 0.6 is 0 Å². The van der Waals surface area contributed by atoms with E-state index in [9.17, 15) is 4.79 Å². The first-order valence-corrected chi connectivity index (χ1v) is 10.1. The van der Waals surface area contributed by atoms with Crippen LogP contribution in [0.5, 0.6) is 5.75 Å². The second-order valence-electron chi connectivity index (χ2n) is 6.96. The maximum atomic E-state index is 12.4. The molecule has 0 saturated heterocycles. The van der Waals surface area contributed by atoms with Gasteiger partial charge in [-0.25, -0.2) is 4.98 Å². The number of aryl methyl sites for hydroxylation is 1. The van der Waals surface area contributed by atoms with E-state index in [2.05, 4.69) is 20.9 Å². The monoisotopic (exact) mass is 400 g/mol. The van der Waals surface area contributed by atoms with E-state index in [-0.39, 0.29) is 5.91 Å². The highest BCUT2D eigenvalue weighted by Gasteiger charge is 2.12. The van der Waals surface area contributed by atoms with Gasteiger partial charge in [0.25, 0.3) is 5.91 Å². The summed E-state index contributed by atoms with van der Waals surface area (Å²) in [5, 5.41) is 2.95. The van der Waals surface area contributed by atoms with Gasteiger partial charge in [0.15, 0.2) is 0 Å². The average Bonchev–Trinajstić information content (AvgIpc) is 3.16. The van der Waals surface area contributed by atoms with Crippen molar-refractivity contribution in [2.24, 2.45) is 0 Å². The Labute approximate surface area is 175 Å². The molecule has 4 rings (SSSR count). The molecule has 152 valence electrons. The second-order valence-corrected chi connectivity index (χ2v) is 6.96. The summed E-state index contributed by atoms with van der Waals surface area (Å²) >= 11 is 0. The Kier molecular flexibility index (Phi) is 6.35. The molecule has 0 aliphatic rings. The van der Waals surface area contributed by atoms with Gasteiger partial charge in [0.1, 0.15) is 11.6 Å². The van der Waals surface area contributed by atoms with Crippen molar-refractivity contribution in [3.63, 3.8) is 0 Å². The number of nitrogens with zero attached hydrogens (tertiary/aromatic N) is 3. The lowest BCUT2D eigenvalue weighted by Gasteiger charge is -2.11. The van der Waals surface area contributed by atoms with Crippen LogP contribution in [0.25, 0.3) is 11.0 Å². The molecule has 2 heterocycles. The van der Waals surface area contributed by atoms with Crippen LogP contribution in [0.15, 0.2) is 79.1 Å². The van der Waals surface area contributed by atoms with Gasteiger partial charge in [-0.05, 0) is 49.2 Å². The Bertz CT molecular complexity index is 1090. The summed E-state index contributed by atoms with van der Waals surface area (Å²) in [6.45, 7) is 1.85. The molecule has 0 atom stereocenters. The van der Waals surface area contributed by atoms with Gasteiger partial charge in [0, 0.05) is 18.9 Å². The number of para-hydroxylation sites is 3. The molecule has 0 spiro atoms. The summed E-state index contributed by atoms with van der Waals surface area (Å²) < 4.78 is 7.97. The quantitative estimate of drug-likeness (QED) is 0.427. The second kappa shape index (κ2) is 9.69. The van der Waals surface area contributed by atoms with Crippen molar-refractivity contribution in [3.8, 4) is 5.75 Å². The maximum absolute atomic E-state index is 12.4. The predicted molar refractivity (Wildman–Crippen MR) is 116 cm³/mol. The van der Waals surface area contributed by atoms with E-state index in [4.69, 9.17) is 9.72 Å². The fourth-order valence-corrected chi connectivity index (χ4v) is 3.35. The Morgan fingerprint density at radius 2 is 1.80 bits per heavy atom. The van der Waals surface area contributed by atoms with Crippen LogP contribution in [0.4, 0.5) is 0 Å². The molecule has 6 nitrogen and oxygen atoms in total. The molecule has 0 fully saturated rings. The van der Waals surface area contributed by atoms with Crippen LogP contribution < -0.4 is 10.1 Å². The molecule has 6 heteroatoms. The van der Waals surface area contributed by atoms with Crippen molar-refractivity contribution in [3.05, 3.63) is 90.5 Å². The average molecular weight is 400 g/mol. The van der Waals surface area contributed by atoms with Crippen molar-refractivity contribution in [1.29, 1.82) is 0 Å². The molecule has 0 radical (unpaired) electrons. The Hall–Kier alpha value is -3.67. The first kappa shape index (κ1) is 19.6. The smallest absolute Gasteiger partial charge is 0.253 e. The highest BCUT2D eigenvalue weighted by molar-refractivity contribution is 5.93. The van der Waals surface area contributed by atoms with E-state index in [1.54, 1.807) is 24.5 Å². The largest absolute Gasteiger partial charge is 0.494 e. The third-order valence-electron chi connectivity index (χ3n) is 4.85. The van der Waals surface area contributed by atoms with Crippen molar-refractivity contribution in [1.82, 2.24) is 19.9 Å². The minimum absolute atomic E-state index is 0.155. The zero-order valence-electron chi connectivity index (χ0n) is 16.7. The first-order valence-electron chi connectivity index (χ1n) is 10.1. The lowest BCUT2D eigenvalue weighted by atomic mass is 10.2. The maximum Gasteiger partial charge on any atom is 0.253 e. The normalized spacial score (nSPS) is 10.8. The molecule has 2 aromatic heterocycles. The first-order chi connectivity index (χ1) is 14.8. The minimum Gasteiger partial charge on any atom is -0.494 e.